The molecular weight excluding hydrogens is 416 g/mol. The molecule has 3 rings (SSSR count). The van der Waals surface area contributed by atoms with Crippen molar-refractivity contribution in [2.75, 3.05) is 12.4 Å². The number of anilines is 1. The SMILES string of the molecule is COc1nn(C(C)C(=O)Nc2ccccc2Sc2ccc(Cl)cc2)cc1[N+](=O)[O-]. The van der Waals surface area contributed by atoms with Crippen molar-refractivity contribution in [1.29, 1.82) is 0 Å². The quantitative estimate of drug-likeness (QED) is 0.425. The number of rotatable bonds is 7. The predicted molar refractivity (Wildman–Crippen MR) is 111 cm³/mol. The summed E-state index contributed by atoms with van der Waals surface area (Å²) in [6.45, 7) is 1.60. The van der Waals surface area contributed by atoms with E-state index in [1.165, 1.54) is 29.8 Å². The smallest absolute Gasteiger partial charge is 0.350 e. The number of ether oxygens (including phenoxy) is 1. The summed E-state index contributed by atoms with van der Waals surface area (Å²) >= 11 is 7.41. The molecule has 150 valence electrons. The highest BCUT2D eigenvalue weighted by Gasteiger charge is 2.25. The van der Waals surface area contributed by atoms with Crippen molar-refractivity contribution in [2.24, 2.45) is 0 Å². The second kappa shape index (κ2) is 8.97. The molecule has 2 aromatic carbocycles. The fourth-order valence-electron chi connectivity index (χ4n) is 2.48. The second-order valence-corrected chi connectivity index (χ2v) is 7.53. The van der Waals surface area contributed by atoms with E-state index < -0.39 is 11.0 Å². The first-order valence-corrected chi connectivity index (χ1v) is 9.69. The van der Waals surface area contributed by atoms with Crippen LogP contribution in [0, 0.1) is 10.1 Å². The lowest BCUT2D eigenvalue weighted by atomic mass is 10.2. The van der Waals surface area contributed by atoms with Gasteiger partial charge in [-0.3, -0.25) is 14.9 Å². The molecule has 0 aliphatic heterocycles. The van der Waals surface area contributed by atoms with Crippen LogP contribution in [-0.2, 0) is 4.79 Å². The molecule has 0 saturated carbocycles. The summed E-state index contributed by atoms with van der Waals surface area (Å²) in [7, 11) is 1.29. The Kier molecular flexibility index (Phi) is 6.40. The van der Waals surface area contributed by atoms with Crippen LogP contribution >= 0.6 is 23.4 Å². The number of nitro groups is 1. The molecule has 1 unspecified atom stereocenters. The lowest BCUT2D eigenvalue weighted by Crippen LogP contribution is -2.24. The van der Waals surface area contributed by atoms with Crippen LogP contribution in [-0.4, -0.2) is 27.7 Å². The van der Waals surface area contributed by atoms with Gasteiger partial charge < -0.3 is 10.1 Å². The Hall–Kier alpha value is -3.04. The Bertz CT molecular complexity index is 1040. The van der Waals surface area contributed by atoms with Crippen LogP contribution in [0.5, 0.6) is 5.88 Å². The van der Waals surface area contributed by atoms with E-state index >= 15 is 0 Å². The monoisotopic (exact) mass is 432 g/mol. The van der Waals surface area contributed by atoms with Gasteiger partial charge in [-0.05, 0) is 43.3 Å². The third-order valence-corrected chi connectivity index (χ3v) is 5.37. The van der Waals surface area contributed by atoms with Crippen molar-refractivity contribution >= 4 is 40.6 Å². The molecule has 1 amide bonds. The molecule has 0 bridgehead atoms. The van der Waals surface area contributed by atoms with Gasteiger partial charge in [0.2, 0.25) is 5.91 Å². The Morgan fingerprint density at radius 3 is 2.59 bits per heavy atom. The van der Waals surface area contributed by atoms with Crippen LogP contribution < -0.4 is 10.1 Å². The van der Waals surface area contributed by atoms with E-state index in [0.717, 1.165) is 9.79 Å². The van der Waals surface area contributed by atoms with Crippen molar-refractivity contribution in [2.45, 2.75) is 22.8 Å². The normalized spacial score (nSPS) is 11.7. The van der Waals surface area contributed by atoms with Crippen molar-refractivity contribution in [1.82, 2.24) is 9.78 Å². The summed E-state index contributed by atoms with van der Waals surface area (Å²) < 4.78 is 6.12. The number of para-hydroxylation sites is 1. The summed E-state index contributed by atoms with van der Waals surface area (Å²) in [4.78, 5) is 25.0. The second-order valence-electron chi connectivity index (χ2n) is 5.98. The third kappa shape index (κ3) is 4.87. The Morgan fingerprint density at radius 1 is 1.28 bits per heavy atom. The molecule has 8 nitrogen and oxygen atoms in total. The Labute approximate surface area is 176 Å². The van der Waals surface area contributed by atoms with Crippen molar-refractivity contribution in [3.05, 3.63) is 69.9 Å². The van der Waals surface area contributed by atoms with Gasteiger partial charge in [-0.2, -0.15) is 0 Å². The standard InChI is InChI=1S/C19H17ClN4O4S/c1-12(23-11-16(24(26)27)19(22-23)28-2)18(25)21-15-5-3-4-6-17(15)29-14-9-7-13(20)8-10-14/h3-12H,1-2H3,(H,21,25). The number of carbonyl (C=O) groups excluding carboxylic acids is 1. The number of carbonyl (C=O) groups is 1. The number of aromatic nitrogens is 2. The van der Waals surface area contributed by atoms with E-state index in [0.29, 0.717) is 10.7 Å². The number of nitrogens with zero attached hydrogens (tertiary/aromatic N) is 3. The van der Waals surface area contributed by atoms with Crippen LogP contribution in [0.4, 0.5) is 11.4 Å². The fourth-order valence-corrected chi connectivity index (χ4v) is 3.51. The number of halogens is 1. The highest BCUT2D eigenvalue weighted by Crippen LogP contribution is 2.34. The number of amides is 1. The summed E-state index contributed by atoms with van der Waals surface area (Å²) in [6, 6.07) is 14.0. The molecule has 0 aliphatic carbocycles. The first kappa shape index (κ1) is 20.7. The Balaban J connectivity index is 1.78. The Morgan fingerprint density at radius 2 is 1.97 bits per heavy atom. The number of nitrogens with one attached hydrogen (secondary N) is 1. The molecule has 0 spiro atoms. The molecule has 0 saturated heterocycles. The molecule has 0 fully saturated rings. The van der Waals surface area contributed by atoms with Gasteiger partial charge in [0, 0.05) is 14.8 Å². The van der Waals surface area contributed by atoms with Crippen LogP contribution in [0.3, 0.4) is 0 Å². The topological polar surface area (TPSA) is 99.3 Å². The van der Waals surface area contributed by atoms with Crippen molar-refractivity contribution in [3.63, 3.8) is 0 Å². The molecule has 29 heavy (non-hydrogen) atoms. The first-order chi connectivity index (χ1) is 13.9. The highest BCUT2D eigenvalue weighted by atomic mass is 35.5. The summed E-state index contributed by atoms with van der Waals surface area (Å²) in [6.07, 6.45) is 1.18. The molecule has 1 heterocycles. The molecular formula is C19H17ClN4O4S. The minimum absolute atomic E-state index is 0.145. The van der Waals surface area contributed by atoms with E-state index in [1.807, 2.05) is 30.3 Å². The van der Waals surface area contributed by atoms with E-state index in [1.54, 1.807) is 25.1 Å². The molecule has 1 atom stereocenters. The lowest BCUT2D eigenvalue weighted by molar-refractivity contribution is -0.385. The minimum Gasteiger partial charge on any atom is -0.475 e. The molecule has 1 aromatic heterocycles. The maximum absolute atomic E-state index is 12.7. The first-order valence-electron chi connectivity index (χ1n) is 8.50. The summed E-state index contributed by atoms with van der Waals surface area (Å²) in [5.41, 5.74) is 0.323. The third-order valence-electron chi connectivity index (χ3n) is 4.03. The number of benzene rings is 2. The predicted octanol–water partition coefficient (Wildman–Crippen LogP) is 4.80. The summed E-state index contributed by atoms with van der Waals surface area (Å²) in [5, 5.41) is 18.6. The largest absolute Gasteiger partial charge is 0.475 e. The van der Waals surface area contributed by atoms with Gasteiger partial charge >= 0.3 is 11.6 Å². The lowest BCUT2D eigenvalue weighted by Gasteiger charge is -2.15. The molecule has 0 aliphatic rings. The maximum atomic E-state index is 12.7. The number of hydrogen-bond acceptors (Lipinski definition) is 6. The fraction of sp³-hybridized carbons (Fsp3) is 0.158. The highest BCUT2D eigenvalue weighted by molar-refractivity contribution is 7.99. The molecule has 3 aromatic rings. The van der Waals surface area contributed by atoms with E-state index in [4.69, 9.17) is 16.3 Å². The van der Waals surface area contributed by atoms with Gasteiger partial charge in [0.25, 0.3) is 0 Å². The zero-order valence-corrected chi connectivity index (χ0v) is 17.1. The molecule has 0 radical (unpaired) electrons. The van der Waals surface area contributed by atoms with E-state index in [9.17, 15) is 14.9 Å². The van der Waals surface area contributed by atoms with Crippen LogP contribution in [0.15, 0.2) is 64.5 Å². The van der Waals surface area contributed by atoms with Crippen molar-refractivity contribution in [3.8, 4) is 5.88 Å². The van der Waals surface area contributed by atoms with Gasteiger partial charge in [0.15, 0.2) is 0 Å². The van der Waals surface area contributed by atoms with E-state index in [-0.39, 0.29) is 17.5 Å². The average Bonchev–Trinajstić information content (AvgIpc) is 3.15. The van der Waals surface area contributed by atoms with Gasteiger partial charge in [0.05, 0.1) is 17.7 Å². The van der Waals surface area contributed by atoms with Crippen molar-refractivity contribution < 1.29 is 14.5 Å². The van der Waals surface area contributed by atoms with Gasteiger partial charge in [-0.15, -0.1) is 5.10 Å². The van der Waals surface area contributed by atoms with Gasteiger partial charge in [-0.25, -0.2) is 4.68 Å². The minimum atomic E-state index is -0.786. The average molecular weight is 433 g/mol. The maximum Gasteiger partial charge on any atom is 0.350 e. The van der Waals surface area contributed by atoms with E-state index in [2.05, 4.69) is 10.4 Å². The van der Waals surface area contributed by atoms with Crippen LogP contribution in [0.1, 0.15) is 13.0 Å². The zero-order chi connectivity index (χ0) is 21.0. The number of methoxy groups -OCH3 is 1. The zero-order valence-electron chi connectivity index (χ0n) is 15.5. The molecule has 10 heteroatoms. The number of hydrogen-bond donors (Lipinski definition) is 1. The van der Waals surface area contributed by atoms with Gasteiger partial charge in [-0.1, -0.05) is 35.5 Å². The van der Waals surface area contributed by atoms with Crippen LogP contribution in [0.2, 0.25) is 5.02 Å². The van der Waals surface area contributed by atoms with Gasteiger partial charge in [0.1, 0.15) is 12.2 Å². The van der Waals surface area contributed by atoms with Crippen LogP contribution in [0.25, 0.3) is 0 Å². The molecule has 1 N–H and O–H groups in total. The summed E-state index contributed by atoms with van der Waals surface area (Å²) in [5.74, 6) is -0.512.